The van der Waals surface area contributed by atoms with Crippen molar-refractivity contribution in [1.29, 1.82) is 0 Å². The highest BCUT2D eigenvalue weighted by Gasteiger charge is 2.43. The second-order valence-corrected chi connectivity index (χ2v) is 14.8. The molecule has 0 bridgehead atoms. The van der Waals surface area contributed by atoms with Crippen LogP contribution < -0.4 is 10.6 Å². The van der Waals surface area contributed by atoms with E-state index >= 15 is 0 Å². The van der Waals surface area contributed by atoms with Gasteiger partial charge in [-0.05, 0) is 66.7 Å². The van der Waals surface area contributed by atoms with Crippen LogP contribution >= 0.6 is 7.92 Å². The molecule has 4 atom stereocenters. The number of allylic oxidation sites excluding steroid dienone is 4. The molecule has 0 amide bonds. The summed E-state index contributed by atoms with van der Waals surface area (Å²) in [5.74, 6) is 3.10. The Morgan fingerprint density at radius 3 is 1.97 bits per heavy atom. The molecule has 1 aromatic heterocycles. The first-order valence-corrected chi connectivity index (χ1v) is 16.0. The second-order valence-electron chi connectivity index (χ2n) is 12.5. The Labute approximate surface area is 232 Å². The number of benzene rings is 2. The lowest BCUT2D eigenvalue weighted by Gasteiger charge is -2.43. The molecule has 2 aliphatic rings. The Morgan fingerprint density at radius 1 is 0.789 bits per heavy atom. The molecule has 0 unspecified atom stereocenters. The predicted molar refractivity (Wildman–Crippen MR) is 166 cm³/mol. The maximum absolute atomic E-state index is 5.64. The minimum Gasteiger partial charge on any atom is -0.257 e. The fourth-order valence-corrected chi connectivity index (χ4v) is 10.1. The van der Waals surface area contributed by atoms with Gasteiger partial charge in [-0.1, -0.05) is 132 Å². The van der Waals surface area contributed by atoms with E-state index < -0.39 is 7.92 Å². The Hall–Kier alpha value is -2.50. The van der Waals surface area contributed by atoms with Crippen LogP contribution in [0.25, 0.3) is 0 Å². The van der Waals surface area contributed by atoms with Gasteiger partial charge < -0.3 is 0 Å². The molecule has 2 aromatic carbocycles. The van der Waals surface area contributed by atoms with Gasteiger partial charge in [0.05, 0.1) is 0 Å². The quantitative estimate of drug-likeness (QED) is 0.269. The van der Waals surface area contributed by atoms with Crippen molar-refractivity contribution >= 4 is 18.5 Å². The highest BCUT2D eigenvalue weighted by molar-refractivity contribution is 7.73. The number of nitrogens with zero attached hydrogens (tertiary/aromatic N) is 1. The van der Waals surface area contributed by atoms with Crippen molar-refractivity contribution in [1.82, 2.24) is 4.98 Å². The molecular weight excluding hydrogens is 477 g/mol. The first kappa shape index (κ1) is 27.1. The molecule has 1 saturated carbocycles. The van der Waals surface area contributed by atoms with Crippen LogP contribution in [-0.2, 0) is 0 Å². The van der Waals surface area contributed by atoms with E-state index in [1.165, 1.54) is 41.3 Å². The summed E-state index contributed by atoms with van der Waals surface area (Å²) in [6.07, 6.45) is 13.1. The van der Waals surface area contributed by atoms with Crippen molar-refractivity contribution in [2.45, 2.75) is 65.5 Å². The van der Waals surface area contributed by atoms with E-state index in [1.54, 1.807) is 0 Å². The smallest absolute Gasteiger partial charge is 0.0492 e. The van der Waals surface area contributed by atoms with E-state index in [4.69, 9.17) is 4.98 Å². The standard InChI is InChI=1S/C36H44NP/c1-26(2)31-24-23-27(3)25-32(31)33-21-14-22-34(37-33)35(36(4,5)28-15-12-13-16-28)38(29-17-8-6-9-18-29)30-19-10-7-11-20-30/h6-22,26-28,31-32,35H,23-25H2,1-5H3/t27-,31+,32-,35-/m1/s1. The summed E-state index contributed by atoms with van der Waals surface area (Å²) in [5, 5.41) is 2.85. The minimum absolute atomic E-state index is 0.0101. The normalized spacial score (nSPS) is 22.9. The molecule has 2 aliphatic carbocycles. The van der Waals surface area contributed by atoms with Crippen LogP contribution in [-0.4, -0.2) is 4.98 Å². The molecule has 3 aromatic rings. The molecule has 0 saturated heterocycles. The Kier molecular flexibility index (Phi) is 8.35. The first-order chi connectivity index (χ1) is 18.4. The van der Waals surface area contributed by atoms with E-state index in [9.17, 15) is 0 Å². The predicted octanol–water partition coefficient (Wildman–Crippen LogP) is 9.20. The minimum atomic E-state index is -0.687. The lowest BCUT2D eigenvalue weighted by molar-refractivity contribution is 0.194. The van der Waals surface area contributed by atoms with Crippen LogP contribution in [0.5, 0.6) is 0 Å². The second kappa shape index (κ2) is 11.7. The lowest BCUT2D eigenvalue weighted by Crippen LogP contribution is -2.33. The molecule has 0 radical (unpaired) electrons. The van der Waals surface area contributed by atoms with Crippen molar-refractivity contribution in [2.24, 2.45) is 29.1 Å². The SMILES string of the molecule is CC(C)[C@@H]1CC[C@@H](C)C[C@H]1c1cccc([C@@H](P(c2ccccc2)c2ccccc2)C(C)(C)C2C=CC=C2)n1. The third-order valence-corrected chi connectivity index (χ3v) is 12.3. The fourth-order valence-electron chi connectivity index (χ4n) is 6.95. The van der Waals surface area contributed by atoms with Gasteiger partial charge in [0.1, 0.15) is 0 Å². The van der Waals surface area contributed by atoms with E-state index in [1.807, 2.05) is 0 Å². The van der Waals surface area contributed by atoms with Gasteiger partial charge in [0.25, 0.3) is 0 Å². The zero-order valence-corrected chi connectivity index (χ0v) is 24.7. The summed E-state index contributed by atoms with van der Waals surface area (Å²) in [6, 6.07) is 29.4. The summed E-state index contributed by atoms with van der Waals surface area (Å²) in [7, 11) is -0.687. The van der Waals surface area contributed by atoms with Crippen molar-refractivity contribution in [2.75, 3.05) is 0 Å². The van der Waals surface area contributed by atoms with Crippen molar-refractivity contribution in [3.05, 3.63) is 115 Å². The fraction of sp³-hybridized carbons (Fsp3) is 0.417. The average molecular weight is 522 g/mol. The Balaban J connectivity index is 1.67. The maximum Gasteiger partial charge on any atom is 0.0492 e. The third kappa shape index (κ3) is 5.60. The zero-order chi connectivity index (χ0) is 26.7. The van der Waals surface area contributed by atoms with Crippen molar-refractivity contribution < 1.29 is 0 Å². The summed E-state index contributed by atoms with van der Waals surface area (Å²) < 4.78 is 0. The van der Waals surface area contributed by atoms with Gasteiger partial charge in [0.15, 0.2) is 0 Å². The number of hydrogen-bond acceptors (Lipinski definition) is 1. The van der Waals surface area contributed by atoms with E-state index in [2.05, 4.69) is 138 Å². The summed E-state index contributed by atoms with van der Waals surface area (Å²) in [6.45, 7) is 12.2. The highest BCUT2D eigenvalue weighted by atomic mass is 31.1. The van der Waals surface area contributed by atoms with Crippen LogP contribution in [0, 0.1) is 29.1 Å². The molecule has 2 heteroatoms. The molecule has 0 aliphatic heterocycles. The Morgan fingerprint density at radius 2 is 1.39 bits per heavy atom. The van der Waals surface area contributed by atoms with Crippen molar-refractivity contribution in [3.8, 4) is 0 Å². The van der Waals surface area contributed by atoms with Gasteiger partial charge in [0, 0.05) is 28.9 Å². The zero-order valence-electron chi connectivity index (χ0n) is 23.8. The third-order valence-electron chi connectivity index (χ3n) is 9.11. The average Bonchev–Trinajstić information content (AvgIpc) is 3.49. The van der Waals surface area contributed by atoms with Crippen LogP contribution in [0.4, 0.5) is 0 Å². The molecule has 0 N–H and O–H groups in total. The van der Waals surface area contributed by atoms with E-state index in [0.29, 0.717) is 23.7 Å². The number of pyridine rings is 1. The van der Waals surface area contributed by atoms with Crippen LogP contribution in [0.2, 0.25) is 0 Å². The van der Waals surface area contributed by atoms with Gasteiger partial charge >= 0.3 is 0 Å². The summed E-state index contributed by atoms with van der Waals surface area (Å²) in [5.41, 5.74) is 2.85. The van der Waals surface area contributed by atoms with Gasteiger partial charge in [-0.3, -0.25) is 4.98 Å². The van der Waals surface area contributed by atoms with Gasteiger partial charge in [-0.15, -0.1) is 0 Å². The molecule has 1 nitrogen and oxygen atoms in total. The summed E-state index contributed by atoms with van der Waals surface area (Å²) >= 11 is 0. The maximum atomic E-state index is 5.64. The molecule has 198 valence electrons. The molecule has 1 heterocycles. The number of hydrogen-bond donors (Lipinski definition) is 0. The van der Waals surface area contributed by atoms with E-state index in [-0.39, 0.29) is 11.1 Å². The lowest BCUT2D eigenvalue weighted by atomic mass is 9.68. The largest absolute Gasteiger partial charge is 0.257 e. The molecular formula is C36H44NP. The topological polar surface area (TPSA) is 12.9 Å². The van der Waals surface area contributed by atoms with Gasteiger partial charge in [-0.2, -0.15) is 0 Å². The van der Waals surface area contributed by atoms with Crippen LogP contribution in [0.1, 0.15) is 76.8 Å². The first-order valence-electron chi connectivity index (χ1n) is 14.6. The van der Waals surface area contributed by atoms with Crippen LogP contribution in [0.15, 0.2) is 103 Å². The molecule has 1 fully saturated rings. The monoisotopic (exact) mass is 521 g/mol. The number of rotatable bonds is 8. The van der Waals surface area contributed by atoms with Crippen LogP contribution in [0.3, 0.4) is 0 Å². The Bertz CT molecular complexity index is 1190. The van der Waals surface area contributed by atoms with Crippen molar-refractivity contribution in [3.63, 3.8) is 0 Å². The highest BCUT2D eigenvalue weighted by Crippen LogP contribution is 2.61. The number of aromatic nitrogens is 1. The molecule has 38 heavy (non-hydrogen) atoms. The molecule has 0 spiro atoms. The summed E-state index contributed by atoms with van der Waals surface area (Å²) in [4.78, 5) is 5.64. The van der Waals surface area contributed by atoms with Gasteiger partial charge in [0.2, 0.25) is 0 Å². The molecule has 5 rings (SSSR count). The van der Waals surface area contributed by atoms with Gasteiger partial charge in [-0.25, -0.2) is 0 Å². The van der Waals surface area contributed by atoms with E-state index in [0.717, 1.165) is 5.92 Å².